The lowest BCUT2D eigenvalue weighted by molar-refractivity contribution is -0.273. The third-order valence-electron chi connectivity index (χ3n) is 7.45. The minimum atomic E-state index is -1.14. The van der Waals surface area contributed by atoms with Gasteiger partial charge < -0.3 is 28.5 Å². The molecule has 5 atom stereocenters. The van der Waals surface area contributed by atoms with E-state index in [1.807, 2.05) is 43.3 Å². The molecule has 3 aromatic rings. The monoisotopic (exact) mass is 606 g/mol. The molecule has 1 fully saturated rings. The van der Waals surface area contributed by atoms with E-state index in [0.29, 0.717) is 37.2 Å². The number of rotatable bonds is 13. The van der Waals surface area contributed by atoms with Crippen LogP contribution in [0.4, 0.5) is 4.39 Å². The lowest BCUT2D eigenvalue weighted by atomic mass is 9.90. The van der Waals surface area contributed by atoms with Crippen LogP contribution in [0.5, 0.6) is 5.75 Å². The van der Waals surface area contributed by atoms with Gasteiger partial charge in [-0.05, 0) is 66.3 Å². The molecule has 4 rings (SSSR count). The van der Waals surface area contributed by atoms with Crippen LogP contribution in [-0.2, 0) is 46.4 Å². The van der Waals surface area contributed by atoms with Crippen LogP contribution in [0, 0.1) is 11.7 Å². The molecule has 0 N–H and O–H groups in total. The molecule has 3 aromatic carbocycles. The summed E-state index contributed by atoms with van der Waals surface area (Å²) in [5, 5.41) is 0. The Morgan fingerprint density at radius 3 is 2.27 bits per heavy atom. The van der Waals surface area contributed by atoms with Crippen molar-refractivity contribution in [1.29, 1.82) is 0 Å². The second kappa shape index (κ2) is 15.6. The third-order valence-corrected chi connectivity index (χ3v) is 7.45. The normalized spacial score (nSPS) is 21.3. The third kappa shape index (κ3) is 9.21. The molecule has 0 spiro atoms. The van der Waals surface area contributed by atoms with Gasteiger partial charge in [-0.25, -0.2) is 4.39 Å². The van der Waals surface area contributed by atoms with Gasteiger partial charge in [0.05, 0.1) is 19.3 Å². The number of hydrogen-bond donors (Lipinski definition) is 0. The highest BCUT2D eigenvalue weighted by Gasteiger charge is 2.49. The van der Waals surface area contributed by atoms with E-state index in [2.05, 4.69) is 0 Å². The minimum absolute atomic E-state index is 0.0992. The molecule has 8 nitrogen and oxygen atoms in total. The Bertz CT molecular complexity index is 1430. The van der Waals surface area contributed by atoms with Crippen LogP contribution in [0.3, 0.4) is 0 Å². The number of ether oxygens (including phenoxy) is 5. The Morgan fingerprint density at radius 1 is 0.864 bits per heavy atom. The number of hydrogen-bond acceptors (Lipinski definition) is 8. The van der Waals surface area contributed by atoms with Crippen LogP contribution >= 0.6 is 0 Å². The van der Waals surface area contributed by atoms with E-state index >= 15 is 0 Å². The molecule has 0 aromatic heterocycles. The molecule has 1 aliphatic rings. The number of benzene rings is 3. The first kappa shape index (κ1) is 32.8. The van der Waals surface area contributed by atoms with Gasteiger partial charge in [0, 0.05) is 26.2 Å². The van der Waals surface area contributed by atoms with E-state index < -0.39 is 42.5 Å². The zero-order valence-corrected chi connectivity index (χ0v) is 25.5. The molecule has 234 valence electrons. The van der Waals surface area contributed by atoms with Crippen LogP contribution in [0.2, 0.25) is 0 Å². The fourth-order valence-electron chi connectivity index (χ4n) is 5.31. The Hall–Kier alpha value is -4.08. The first-order valence-corrected chi connectivity index (χ1v) is 14.8. The summed E-state index contributed by atoms with van der Waals surface area (Å²) >= 11 is 0. The summed E-state index contributed by atoms with van der Waals surface area (Å²) in [6, 6.07) is 21.3. The lowest BCUT2D eigenvalue weighted by Crippen LogP contribution is -2.59. The van der Waals surface area contributed by atoms with Crippen LogP contribution in [0.15, 0.2) is 72.8 Å². The van der Waals surface area contributed by atoms with E-state index in [4.69, 9.17) is 23.7 Å². The van der Waals surface area contributed by atoms with Gasteiger partial charge in [0.2, 0.25) is 12.4 Å². The smallest absolute Gasteiger partial charge is 0.303 e. The first-order chi connectivity index (χ1) is 21.1. The summed E-state index contributed by atoms with van der Waals surface area (Å²) in [4.78, 5) is 35.8. The minimum Gasteiger partial charge on any atom is -0.461 e. The maximum atomic E-state index is 14.2. The largest absolute Gasteiger partial charge is 0.461 e. The second-order valence-electron chi connectivity index (χ2n) is 11.1. The summed E-state index contributed by atoms with van der Waals surface area (Å²) in [5.74, 6) is -1.43. The van der Waals surface area contributed by atoms with Gasteiger partial charge in [0.15, 0.2) is 0 Å². The molecular weight excluding hydrogens is 567 g/mol. The quantitative estimate of drug-likeness (QED) is 0.212. The van der Waals surface area contributed by atoms with Gasteiger partial charge in [0.1, 0.15) is 23.5 Å². The van der Waals surface area contributed by atoms with Crippen molar-refractivity contribution in [2.45, 2.75) is 78.2 Å². The molecule has 0 unspecified atom stereocenters. The van der Waals surface area contributed by atoms with Gasteiger partial charge >= 0.3 is 11.9 Å². The average molecular weight is 607 g/mol. The fourth-order valence-corrected chi connectivity index (χ4v) is 5.31. The zero-order chi connectivity index (χ0) is 31.6. The average Bonchev–Trinajstić information content (AvgIpc) is 2.97. The molecule has 44 heavy (non-hydrogen) atoms. The van der Waals surface area contributed by atoms with Crippen molar-refractivity contribution in [3.8, 4) is 16.9 Å². The molecule has 0 bridgehead atoms. The number of carbonyl (C=O) groups excluding carboxylic acids is 3. The molecule has 1 heterocycles. The van der Waals surface area contributed by atoms with Crippen molar-refractivity contribution < 1.29 is 42.5 Å². The molecule has 0 saturated carbocycles. The van der Waals surface area contributed by atoms with Crippen molar-refractivity contribution in [2.75, 3.05) is 6.61 Å². The van der Waals surface area contributed by atoms with Crippen LogP contribution in [0.25, 0.3) is 11.1 Å². The number of ketones is 1. The van der Waals surface area contributed by atoms with Crippen LogP contribution < -0.4 is 4.74 Å². The van der Waals surface area contributed by atoms with Crippen molar-refractivity contribution >= 4 is 17.7 Å². The molecule has 1 aliphatic heterocycles. The fraction of sp³-hybridized carbons (Fsp3) is 0.400. The maximum absolute atomic E-state index is 14.2. The van der Waals surface area contributed by atoms with Crippen molar-refractivity contribution in [1.82, 2.24) is 0 Å². The second-order valence-corrected chi connectivity index (χ2v) is 11.1. The van der Waals surface area contributed by atoms with E-state index in [1.54, 1.807) is 31.2 Å². The SMILES string of the molecule is CC(=O)CCCc1ccc(O[C@H]2O[C@@H](COCc3ccccc3)[C@H](C)[C@@H](OC(C)=O)[C@H]2OC(C)=O)cc1-c1cccc(F)c1. The number of carbonyl (C=O) groups is 3. The number of halogens is 1. The first-order valence-electron chi connectivity index (χ1n) is 14.8. The summed E-state index contributed by atoms with van der Waals surface area (Å²) < 4.78 is 44.1. The maximum Gasteiger partial charge on any atom is 0.303 e. The number of esters is 2. The highest BCUT2D eigenvalue weighted by Crippen LogP contribution is 2.35. The van der Waals surface area contributed by atoms with Gasteiger partial charge in [-0.2, -0.15) is 0 Å². The molecule has 0 radical (unpaired) electrons. The van der Waals surface area contributed by atoms with Gasteiger partial charge in [-0.1, -0.05) is 55.5 Å². The van der Waals surface area contributed by atoms with Crippen molar-refractivity contribution in [3.05, 3.63) is 89.7 Å². The van der Waals surface area contributed by atoms with Gasteiger partial charge in [0.25, 0.3) is 0 Å². The summed E-state index contributed by atoms with van der Waals surface area (Å²) in [6.07, 6.45) is -1.95. The van der Waals surface area contributed by atoms with E-state index in [9.17, 15) is 18.8 Å². The highest BCUT2D eigenvalue weighted by molar-refractivity contribution is 5.75. The van der Waals surface area contributed by atoms with Crippen molar-refractivity contribution in [3.63, 3.8) is 0 Å². The predicted octanol–water partition coefficient (Wildman–Crippen LogP) is 6.22. The molecule has 0 amide bonds. The Balaban J connectivity index is 1.63. The molecule has 0 aliphatic carbocycles. The van der Waals surface area contributed by atoms with E-state index in [1.165, 1.54) is 26.0 Å². The Kier molecular flexibility index (Phi) is 11.6. The lowest BCUT2D eigenvalue weighted by Gasteiger charge is -2.43. The topological polar surface area (TPSA) is 97.4 Å². The number of aryl methyl sites for hydroxylation is 1. The standard InChI is InChI=1S/C35H39FO8/c1-22(37)10-8-13-27-16-17-30(19-31(27)28-14-9-15-29(36)18-28)43-35-34(42-25(4)39)33(41-24(3)38)23(2)32(44-35)21-40-20-26-11-6-5-7-12-26/h5-7,9,11-12,14-19,23,32-35H,8,10,13,20-21H2,1-4H3/t23-,32-,33+,34+,35-/m0/s1. The van der Waals surface area contributed by atoms with Crippen molar-refractivity contribution in [2.24, 2.45) is 5.92 Å². The molecule has 1 saturated heterocycles. The predicted molar refractivity (Wildman–Crippen MR) is 161 cm³/mol. The van der Waals surface area contributed by atoms with Gasteiger partial charge in [-0.15, -0.1) is 0 Å². The van der Waals surface area contributed by atoms with E-state index in [-0.39, 0.29) is 18.2 Å². The summed E-state index contributed by atoms with van der Waals surface area (Å²) in [7, 11) is 0. The zero-order valence-electron chi connectivity index (χ0n) is 25.5. The number of Topliss-reactive ketones (excluding diaryl/α,β-unsaturated/α-hetero) is 1. The van der Waals surface area contributed by atoms with Gasteiger partial charge in [-0.3, -0.25) is 9.59 Å². The molecular formula is C35H39FO8. The molecule has 9 heteroatoms. The summed E-state index contributed by atoms with van der Waals surface area (Å²) in [5.41, 5.74) is 3.29. The van der Waals surface area contributed by atoms with E-state index in [0.717, 1.165) is 16.7 Å². The highest BCUT2D eigenvalue weighted by atomic mass is 19.1. The Labute approximate surface area is 257 Å². The Morgan fingerprint density at radius 2 is 1.59 bits per heavy atom. The van der Waals surface area contributed by atoms with Crippen LogP contribution in [0.1, 0.15) is 51.7 Å². The summed E-state index contributed by atoms with van der Waals surface area (Å²) in [6.45, 7) is 6.48. The van der Waals surface area contributed by atoms with Crippen LogP contribution in [-0.4, -0.2) is 48.9 Å².